The Kier molecular flexibility index (Phi) is 4.15. The number of benzene rings is 1. The van der Waals surface area contributed by atoms with Gasteiger partial charge in [0.1, 0.15) is 0 Å². The molecule has 1 atom stereocenters. The first kappa shape index (κ1) is 12.1. The van der Waals surface area contributed by atoms with E-state index < -0.39 is 0 Å². The molecule has 3 nitrogen and oxygen atoms in total. The van der Waals surface area contributed by atoms with Crippen molar-refractivity contribution in [2.24, 2.45) is 0 Å². The summed E-state index contributed by atoms with van der Waals surface area (Å²) in [6.07, 6.45) is 1.59. The van der Waals surface area contributed by atoms with Crippen LogP contribution in [0.5, 0.6) is 0 Å². The molecule has 0 saturated carbocycles. The van der Waals surface area contributed by atoms with Gasteiger partial charge in [0.15, 0.2) is 0 Å². The van der Waals surface area contributed by atoms with Crippen LogP contribution in [-0.4, -0.2) is 36.6 Å². The fourth-order valence-corrected chi connectivity index (χ4v) is 2.10. The van der Waals surface area contributed by atoms with E-state index >= 15 is 0 Å². The summed E-state index contributed by atoms with van der Waals surface area (Å²) in [7, 11) is 0. The topological polar surface area (TPSA) is 29.5 Å². The molecule has 1 amide bonds. The monoisotopic (exact) mass is 233 g/mol. The second kappa shape index (κ2) is 5.82. The van der Waals surface area contributed by atoms with Crippen LogP contribution in [0.25, 0.3) is 0 Å². The first-order chi connectivity index (χ1) is 8.25. The van der Waals surface area contributed by atoms with E-state index in [-0.39, 0.29) is 12.0 Å². The van der Waals surface area contributed by atoms with E-state index in [9.17, 15) is 4.79 Å². The summed E-state index contributed by atoms with van der Waals surface area (Å²) in [5.41, 5.74) is 1.22. The van der Waals surface area contributed by atoms with Crippen LogP contribution in [0, 0.1) is 0 Å². The molecule has 92 valence electrons. The number of carbonyl (C=O) groups is 1. The summed E-state index contributed by atoms with van der Waals surface area (Å²) in [5.74, 6) is 0.240. The van der Waals surface area contributed by atoms with Crippen molar-refractivity contribution in [2.45, 2.75) is 25.9 Å². The van der Waals surface area contributed by atoms with Gasteiger partial charge in [-0.15, -0.1) is 0 Å². The summed E-state index contributed by atoms with van der Waals surface area (Å²) >= 11 is 0. The molecule has 0 aromatic heterocycles. The molecule has 1 fully saturated rings. The second-order valence-corrected chi connectivity index (χ2v) is 4.51. The summed E-state index contributed by atoms with van der Waals surface area (Å²) in [6.45, 7) is 4.14. The van der Waals surface area contributed by atoms with Gasteiger partial charge in [0, 0.05) is 19.5 Å². The molecular weight excluding hydrogens is 214 g/mol. The number of nitrogens with zero attached hydrogens (tertiary/aromatic N) is 1. The van der Waals surface area contributed by atoms with Crippen molar-refractivity contribution in [3.05, 3.63) is 35.9 Å². The van der Waals surface area contributed by atoms with Gasteiger partial charge in [0.05, 0.1) is 12.7 Å². The summed E-state index contributed by atoms with van der Waals surface area (Å²) in [4.78, 5) is 13.9. The molecule has 1 heterocycles. The van der Waals surface area contributed by atoms with Crippen molar-refractivity contribution >= 4 is 5.91 Å². The lowest BCUT2D eigenvalue weighted by atomic mass is 10.1. The molecule has 17 heavy (non-hydrogen) atoms. The predicted molar refractivity (Wildman–Crippen MR) is 66.8 cm³/mol. The van der Waals surface area contributed by atoms with E-state index in [0.717, 1.165) is 19.5 Å². The van der Waals surface area contributed by atoms with Gasteiger partial charge in [-0.25, -0.2) is 0 Å². The zero-order valence-electron chi connectivity index (χ0n) is 10.3. The molecule has 0 bridgehead atoms. The molecule has 0 N–H and O–H groups in total. The largest absolute Gasteiger partial charge is 0.375 e. The van der Waals surface area contributed by atoms with Gasteiger partial charge in [0.25, 0.3) is 0 Å². The number of morpholine rings is 1. The van der Waals surface area contributed by atoms with E-state index in [1.807, 2.05) is 30.0 Å². The lowest BCUT2D eigenvalue weighted by Crippen LogP contribution is -2.44. The zero-order valence-corrected chi connectivity index (χ0v) is 10.3. The lowest BCUT2D eigenvalue weighted by molar-refractivity contribution is -0.138. The fraction of sp³-hybridized carbons (Fsp3) is 0.500. The Hall–Kier alpha value is -1.35. The van der Waals surface area contributed by atoms with Crippen molar-refractivity contribution < 1.29 is 9.53 Å². The van der Waals surface area contributed by atoms with Crippen LogP contribution in [0.15, 0.2) is 30.3 Å². The van der Waals surface area contributed by atoms with Gasteiger partial charge in [-0.1, -0.05) is 30.3 Å². The van der Waals surface area contributed by atoms with Gasteiger partial charge in [0.2, 0.25) is 5.91 Å². The highest BCUT2D eigenvalue weighted by molar-refractivity contribution is 5.76. The van der Waals surface area contributed by atoms with Gasteiger partial charge >= 0.3 is 0 Å². The molecule has 1 aliphatic heterocycles. The second-order valence-electron chi connectivity index (χ2n) is 4.51. The molecular formula is C14H19NO2. The van der Waals surface area contributed by atoms with E-state index in [1.165, 1.54) is 5.56 Å². The van der Waals surface area contributed by atoms with Crippen LogP contribution < -0.4 is 0 Å². The minimum Gasteiger partial charge on any atom is -0.375 e. The highest BCUT2D eigenvalue weighted by atomic mass is 16.5. The Bertz CT molecular complexity index is 364. The molecule has 3 heteroatoms. The molecule has 1 saturated heterocycles. The third kappa shape index (κ3) is 3.56. The normalized spacial score (nSPS) is 20.3. The van der Waals surface area contributed by atoms with Crippen molar-refractivity contribution in [2.75, 3.05) is 19.7 Å². The van der Waals surface area contributed by atoms with Crippen molar-refractivity contribution in [1.82, 2.24) is 4.90 Å². The molecule has 1 aromatic rings. The van der Waals surface area contributed by atoms with Crippen LogP contribution >= 0.6 is 0 Å². The third-order valence-electron chi connectivity index (χ3n) is 3.06. The van der Waals surface area contributed by atoms with Crippen LogP contribution in [0.1, 0.15) is 18.9 Å². The number of rotatable bonds is 3. The quantitative estimate of drug-likeness (QED) is 0.797. The maximum absolute atomic E-state index is 12.0. The zero-order chi connectivity index (χ0) is 12.1. The minimum atomic E-state index is 0.171. The Balaban J connectivity index is 1.81. The SMILES string of the molecule is C[C@@H]1CN(C(=O)CCc2ccccc2)CCO1. The molecule has 0 aliphatic carbocycles. The van der Waals surface area contributed by atoms with E-state index in [4.69, 9.17) is 4.74 Å². The number of carbonyl (C=O) groups excluding carboxylic acids is 1. The fourth-order valence-electron chi connectivity index (χ4n) is 2.10. The molecule has 0 spiro atoms. The number of hydrogen-bond acceptors (Lipinski definition) is 2. The highest BCUT2D eigenvalue weighted by Crippen LogP contribution is 2.09. The number of amides is 1. The highest BCUT2D eigenvalue weighted by Gasteiger charge is 2.20. The smallest absolute Gasteiger partial charge is 0.223 e. The average Bonchev–Trinajstić information content (AvgIpc) is 2.37. The summed E-state index contributed by atoms with van der Waals surface area (Å²) in [6, 6.07) is 10.1. The Morgan fingerprint density at radius 1 is 1.41 bits per heavy atom. The maximum Gasteiger partial charge on any atom is 0.223 e. The Morgan fingerprint density at radius 3 is 2.88 bits per heavy atom. The molecule has 0 radical (unpaired) electrons. The lowest BCUT2D eigenvalue weighted by Gasteiger charge is -2.31. The standard InChI is InChI=1S/C14H19NO2/c1-12-11-15(9-10-17-12)14(16)8-7-13-5-3-2-4-6-13/h2-6,12H,7-11H2,1H3/t12-/m1/s1. The van der Waals surface area contributed by atoms with Gasteiger partial charge in [-0.2, -0.15) is 0 Å². The summed E-state index contributed by atoms with van der Waals surface area (Å²) in [5, 5.41) is 0. The Morgan fingerprint density at radius 2 is 2.18 bits per heavy atom. The van der Waals surface area contributed by atoms with Gasteiger partial charge in [-0.05, 0) is 18.9 Å². The van der Waals surface area contributed by atoms with Gasteiger partial charge < -0.3 is 9.64 Å². The van der Waals surface area contributed by atoms with E-state index in [0.29, 0.717) is 13.0 Å². The molecule has 1 aromatic carbocycles. The maximum atomic E-state index is 12.0. The van der Waals surface area contributed by atoms with Crippen LogP contribution in [0.3, 0.4) is 0 Å². The van der Waals surface area contributed by atoms with Crippen molar-refractivity contribution in [3.63, 3.8) is 0 Å². The first-order valence-electron chi connectivity index (χ1n) is 6.19. The third-order valence-corrected chi connectivity index (χ3v) is 3.06. The van der Waals surface area contributed by atoms with E-state index in [1.54, 1.807) is 0 Å². The van der Waals surface area contributed by atoms with Gasteiger partial charge in [-0.3, -0.25) is 4.79 Å². The minimum absolute atomic E-state index is 0.171. The summed E-state index contributed by atoms with van der Waals surface area (Å²) < 4.78 is 5.43. The van der Waals surface area contributed by atoms with Crippen LogP contribution in [0.2, 0.25) is 0 Å². The van der Waals surface area contributed by atoms with Crippen LogP contribution in [0.4, 0.5) is 0 Å². The van der Waals surface area contributed by atoms with E-state index in [2.05, 4.69) is 12.1 Å². The number of ether oxygens (including phenoxy) is 1. The first-order valence-corrected chi connectivity index (χ1v) is 6.19. The predicted octanol–water partition coefficient (Wildman–Crippen LogP) is 1.87. The van der Waals surface area contributed by atoms with Crippen molar-refractivity contribution in [3.8, 4) is 0 Å². The molecule has 1 aliphatic rings. The number of hydrogen-bond donors (Lipinski definition) is 0. The molecule has 2 rings (SSSR count). The molecule has 0 unspecified atom stereocenters. The average molecular weight is 233 g/mol. The van der Waals surface area contributed by atoms with Crippen LogP contribution in [-0.2, 0) is 16.0 Å². The number of aryl methyl sites for hydroxylation is 1. The van der Waals surface area contributed by atoms with Crippen molar-refractivity contribution in [1.29, 1.82) is 0 Å². The Labute approximate surface area is 102 Å².